The smallest absolute Gasteiger partial charge is 0.0540 e. The molecule has 0 fully saturated rings. The number of hydrogen-bond acceptors (Lipinski definition) is 3. The molecule has 0 saturated heterocycles. The van der Waals surface area contributed by atoms with Gasteiger partial charge in [-0.15, -0.1) is 0 Å². The third-order valence-electron chi connectivity index (χ3n) is 3.61. The van der Waals surface area contributed by atoms with Crippen LogP contribution in [0.25, 0.3) is 5.57 Å². The van der Waals surface area contributed by atoms with E-state index in [1.165, 1.54) is 22.3 Å². The van der Waals surface area contributed by atoms with E-state index in [1.54, 1.807) is 11.3 Å². The average molecular weight is 306 g/mol. The lowest BCUT2D eigenvalue weighted by atomic mass is 9.92. The topological polar surface area (TPSA) is 35.9 Å². The summed E-state index contributed by atoms with van der Waals surface area (Å²) >= 11 is 1.70. The van der Waals surface area contributed by atoms with Gasteiger partial charge in [-0.3, -0.25) is 0 Å². The third kappa shape index (κ3) is 3.16. The first-order chi connectivity index (χ1) is 10.8. The normalized spacial score (nSPS) is 13.7. The molecule has 0 saturated carbocycles. The molecule has 1 aromatic carbocycles. The van der Waals surface area contributed by atoms with Crippen LogP contribution in [0.4, 0.5) is 0 Å². The van der Waals surface area contributed by atoms with E-state index in [-0.39, 0.29) is 0 Å². The summed E-state index contributed by atoms with van der Waals surface area (Å²) in [5.41, 5.74) is 6.61. The average Bonchev–Trinajstić information content (AvgIpc) is 3.05. The van der Waals surface area contributed by atoms with Gasteiger partial charge in [0.05, 0.1) is 5.71 Å². The van der Waals surface area contributed by atoms with Crippen molar-refractivity contribution in [3.05, 3.63) is 87.7 Å². The minimum absolute atomic E-state index is 0.540. The molecule has 1 aliphatic carbocycles. The Hall–Kier alpha value is -2.23. The van der Waals surface area contributed by atoms with Crippen LogP contribution >= 0.6 is 11.3 Å². The zero-order valence-corrected chi connectivity index (χ0v) is 13.3. The Kier molecular flexibility index (Phi) is 4.47. The number of rotatable bonds is 4. The van der Waals surface area contributed by atoms with Crippen molar-refractivity contribution in [3.8, 4) is 0 Å². The van der Waals surface area contributed by atoms with Crippen molar-refractivity contribution in [2.75, 3.05) is 7.05 Å². The second-order valence-electron chi connectivity index (χ2n) is 5.19. The van der Waals surface area contributed by atoms with Gasteiger partial charge in [-0.2, -0.15) is 11.3 Å². The monoisotopic (exact) mass is 306 g/mol. The van der Waals surface area contributed by atoms with Crippen molar-refractivity contribution in [1.82, 2.24) is 5.32 Å². The standard InChI is InChI=1S/C19H18N2S/c1-21-12-14-2-4-15(5-3-14)19(17-10-11-22-13-17)16-6-8-18(20)9-7-16/h2-11,13,20-21H,12H2,1H3. The van der Waals surface area contributed by atoms with Gasteiger partial charge >= 0.3 is 0 Å². The molecule has 0 unspecified atom stereocenters. The summed E-state index contributed by atoms with van der Waals surface area (Å²) in [4.78, 5) is 0. The molecular formula is C19H18N2S. The molecule has 22 heavy (non-hydrogen) atoms. The number of allylic oxidation sites excluding steroid dienone is 5. The number of benzene rings is 1. The van der Waals surface area contributed by atoms with Gasteiger partial charge in [0.2, 0.25) is 0 Å². The summed E-state index contributed by atoms with van der Waals surface area (Å²) in [6, 6.07) is 10.8. The predicted molar refractivity (Wildman–Crippen MR) is 95.6 cm³/mol. The Labute approximate surface area is 135 Å². The van der Waals surface area contributed by atoms with Crippen LogP contribution < -0.4 is 5.32 Å². The van der Waals surface area contributed by atoms with Gasteiger partial charge in [0.25, 0.3) is 0 Å². The van der Waals surface area contributed by atoms with E-state index in [9.17, 15) is 0 Å². The van der Waals surface area contributed by atoms with Crippen molar-refractivity contribution in [3.63, 3.8) is 0 Å². The van der Waals surface area contributed by atoms with Crippen molar-refractivity contribution < 1.29 is 0 Å². The maximum absolute atomic E-state index is 7.67. The SMILES string of the molecule is CNCc1ccc(C(=C2C=CC(=N)C=C2)c2ccsc2)cc1. The summed E-state index contributed by atoms with van der Waals surface area (Å²) < 4.78 is 0. The molecule has 0 radical (unpaired) electrons. The van der Waals surface area contributed by atoms with E-state index in [0.717, 1.165) is 12.1 Å². The maximum atomic E-state index is 7.67. The summed E-state index contributed by atoms with van der Waals surface area (Å²) in [7, 11) is 1.96. The van der Waals surface area contributed by atoms with E-state index in [1.807, 2.05) is 31.4 Å². The maximum Gasteiger partial charge on any atom is 0.0540 e. The van der Waals surface area contributed by atoms with Crippen LogP contribution in [0.15, 0.2) is 71.0 Å². The third-order valence-corrected chi connectivity index (χ3v) is 4.29. The Morgan fingerprint density at radius 3 is 2.32 bits per heavy atom. The first kappa shape index (κ1) is 14.7. The minimum atomic E-state index is 0.540. The van der Waals surface area contributed by atoms with Crippen LogP contribution in [0.2, 0.25) is 0 Å². The van der Waals surface area contributed by atoms with E-state index < -0.39 is 0 Å². The molecule has 2 nitrogen and oxygen atoms in total. The van der Waals surface area contributed by atoms with Crippen molar-refractivity contribution >= 4 is 22.6 Å². The molecule has 2 N–H and O–H groups in total. The highest BCUT2D eigenvalue weighted by Gasteiger charge is 2.11. The highest BCUT2D eigenvalue weighted by molar-refractivity contribution is 7.08. The van der Waals surface area contributed by atoms with E-state index in [0.29, 0.717) is 5.71 Å². The summed E-state index contributed by atoms with van der Waals surface area (Å²) in [5.74, 6) is 0. The number of thiophene rings is 1. The fourth-order valence-corrected chi connectivity index (χ4v) is 3.18. The molecular weight excluding hydrogens is 288 g/mol. The Bertz CT molecular complexity index is 729. The molecule has 110 valence electrons. The van der Waals surface area contributed by atoms with Gasteiger partial charge < -0.3 is 10.7 Å². The predicted octanol–water partition coefficient (Wildman–Crippen LogP) is 4.42. The fourth-order valence-electron chi connectivity index (χ4n) is 2.54. The van der Waals surface area contributed by atoms with Gasteiger partial charge in [-0.25, -0.2) is 0 Å². The quantitative estimate of drug-likeness (QED) is 0.862. The lowest BCUT2D eigenvalue weighted by Crippen LogP contribution is -2.04. The van der Waals surface area contributed by atoms with Crippen LogP contribution in [0.3, 0.4) is 0 Å². The summed E-state index contributed by atoms with van der Waals surface area (Å²) in [6.45, 7) is 0.877. The van der Waals surface area contributed by atoms with Crippen LogP contribution in [0.1, 0.15) is 16.7 Å². The van der Waals surface area contributed by atoms with Crippen LogP contribution in [0, 0.1) is 5.41 Å². The van der Waals surface area contributed by atoms with Gasteiger partial charge in [0.1, 0.15) is 0 Å². The first-order valence-corrected chi connectivity index (χ1v) is 8.17. The molecule has 2 aromatic rings. The molecule has 0 bridgehead atoms. The summed E-state index contributed by atoms with van der Waals surface area (Å²) in [5, 5.41) is 15.1. The van der Waals surface area contributed by atoms with Crippen LogP contribution in [-0.2, 0) is 6.54 Å². The second-order valence-corrected chi connectivity index (χ2v) is 5.97. The minimum Gasteiger partial charge on any atom is -0.316 e. The van der Waals surface area contributed by atoms with Crippen molar-refractivity contribution in [1.29, 1.82) is 5.41 Å². The molecule has 0 amide bonds. The molecule has 3 rings (SSSR count). The molecule has 1 aliphatic rings. The number of nitrogens with one attached hydrogen (secondary N) is 2. The highest BCUT2D eigenvalue weighted by Crippen LogP contribution is 2.31. The van der Waals surface area contributed by atoms with Crippen LogP contribution in [0.5, 0.6) is 0 Å². The van der Waals surface area contributed by atoms with Crippen molar-refractivity contribution in [2.45, 2.75) is 6.54 Å². The van der Waals surface area contributed by atoms with E-state index in [2.05, 4.69) is 46.4 Å². The Morgan fingerprint density at radius 1 is 1.00 bits per heavy atom. The Balaban J connectivity index is 2.07. The second kappa shape index (κ2) is 6.69. The lowest BCUT2D eigenvalue weighted by Gasteiger charge is -2.13. The zero-order valence-electron chi connectivity index (χ0n) is 12.5. The molecule has 0 aliphatic heterocycles. The Morgan fingerprint density at radius 2 is 1.73 bits per heavy atom. The van der Waals surface area contributed by atoms with Crippen molar-refractivity contribution in [2.24, 2.45) is 0 Å². The van der Waals surface area contributed by atoms with Gasteiger partial charge in [-0.05, 0) is 63.9 Å². The van der Waals surface area contributed by atoms with E-state index in [4.69, 9.17) is 5.41 Å². The zero-order chi connectivity index (χ0) is 15.4. The van der Waals surface area contributed by atoms with E-state index >= 15 is 0 Å². The first-order valence-electron chi connectivity index (χ1n) is 7.23. The van der Waals surface area contributed by atoms with Crippen LogP contribution in [-0.4, -0.2) is 12.8 Å². The van der Waals surface area contributed by atoms with Gasteiger partial charge in [0.15, 0.2) is 0 Å². The molecule has 1 aromatic heterocycles. The molecule has 0 spiro atoms. The molecule has 1 heterocycles. The number of hydrogen-bond donors (Lipinski definition) is 2. The van der Waals surface area contributed by atoms with Gasteiger partial charge in [0, 0.05) is 6.54 Å². The largest absolute Gasteiger partial charge is 0.316 e. The molecule has 3 heteroatoms. The van der Waals surface area contributed by atoms with Gasteiger partial charge in [-0.1, -0.05) is 36.4 Å². The fraction of sp³-hybridized carbons (Fsp3) is 0.105. The lowest BCUT2D eigenvalue weighted by molar-refractivity contribution is 0.818. The summed E-state index contributed by atoms with van der Waals surface area (Å²) in [6.07, 6.45) is 7.74. The molecule has 0 atom stereocenters. The highest BCUT2D eigenvalue weighted by atomic mass is 32.1.